The molecule has 0 radical (unpaired) electrons. The summed E-state index contributed by atoms with van der Waals surface area (Å²) < 4.78 is 11.8. The minimum Gasteiger partial charge on any atom is -0.489 e. The number of carboxylic acids is 1. The molecule has 0 saturated heterocycles. The first-order valence-electron chi connectivity index (χ1n) is 9.35. The number of fused-ring (bicyclic) bond motifs is 1. The first-order valence-corrected chi connectivity index (χ1v) is 9.35. The minimum absolute atomic E-state index is 0.00489. The largest absolute Gasteiger partial charge is 0.489 e. The van der Waals surface area contributed by atoms with Crippen molar-refractivity contribution < 1.29 is 19.4 Å². The van der Waals surface area contributed by atoms with Crippen LogP contribution in [0, 0.1) is 0 Å². The maximum Gasteiger partial charge on any atom is 0.307 e. The Kier molecular flexibility index (Phi) is 5.43. The predicted octanol–water partition coefficient (Wildman–Crippen LogP) is 5.84. The number of carbonyl (C=O) groups is 1. The van der Waals surface area contributed by atoms with Gasteiger partial charge in [-0.1, -0.05) is 54.6 Å². The number of carboxylic acid groups (broad SMARTS) is 1. The van der Waals surface area contributed by atoms with Gasteiger partial charge >= 0.3 is 5.97 Å². The monoisotopic (exact) mass is 384 g/mol. The van der Waals surface area contributed by atoms with Crippen molar-refractivity contribution in [2.45, 2.75) is 13.0 Å². The lowest BCUT2D eigenvalue weighted by atomic mass is 10.1. The van der Waals surface area contributed by atoms with Crippen LogP contribution in [0.2, 0.25) is 0 Å². The standard InChI is InChI=1S/C25H20O4/c26-25(27)14-18-6-10-22(11-7-18)29-24-13-9-20-15-23(12-8-21(20)16-24)28-17-19-4-2-1-3-5-19/h1-13,15-16H,14,17H2,(H,26,27). The molecule has 0 aliphatic heterocycles. The van der Waals surface area contributed by atoms with Crippen molar-refractivity contribution >= 4 is 16.7 Å². The number of rotatable bonds is 7. The first kappa shape index (κ1) is 18.6. The third-order valence-electron chi connectivity index (χ3n) is 4.55. The van der Waals surface area contributed by atoms with Crippen LogP contribution in [-0.4, -0.2) is 11.1 Å². The van der Waals surface area contributed by atoms with Gasteiger partial charge in [-0.05, 0) is 58.3 Å². The van der Waals surface area contributed by atoms with E-state index >= 15 is 0 Å². The van der Waals surface area contributed by atoms with Crippen LogP contribution in [0.3, 0.4) is 0 Å². The van der Waals surface area contributed by atoms with E-state index in [-0.39, 0.29) is 6.42 Å². The van der Waals surface area contributed by atoms with Gasteiger partial charge in [-0.2, -0.15) is 0 Å². The van der Waals surface area contributed by atoms with Crippen molar-refractivity contribution in [1.29, 1.82) is 0 Å². The molecule has 1 N–H and O–H groups in total. The fourth-order valence-electron chi connectivity index (χ4n) is 3.08. The summed E-state index contributed by atoms with van der Waals surface area (Å²) in [6.45, 7) is 0.533. The molecule has 0 fully saturated rings. The van der Waals surface area contributed by atoms with Crippen LogP contribution in [0.25, 0.3) is 10.8 Å². The van der Waals surface area contributed by atoms with E-state index < -0.39 is 5.97 Å². The minimum atomic E-state index is -0.847. The topological polar surface area (TPSA) is 55.8 Å². The molecule has 0 saturated carbocycles. The van der Waals surface area contributed by atoms with Gasteiger partial charge < -0.3 is 14.6 Å². The van der Waals surface area contributed by atoms with Crippen molar-refractivity contribution in [3.63, 3.8) is 0 Å². The van der Waals surface area contributed by atoms with Crippen molar-refractivity contribution in [3.8, 4) is 17.2 Å². The molecular formula is C25H20O4. The summed E-state index contributed by atoms with van der Waals surface area (Å²) in [6, 6.07) is 29.0. The molecule has 0 aliphatic rings. The van der Waals surface area contributed by atoms with E-state index in [2.05, 4.69) is 0 Å². The quantitative estimate of drug-likeness (QED) is 0.435. The van der Waals surface area contributed by atoms with Crippen LogP contribution in [0.5, 0.6) is 17.2 Å². The average molecular weight is 384 g/mol. The van der Waals surface area contributed by atoms with Crippen molar-refractivity contribution in [2.24, 2.45) is 0 Å². The molecular weight excluding hydrogens is 364 g/mol. The molecule has 0 heterocycles. The number of benzene rings is 4. The maximum atomic E-state index is 10.8. The van der Waals surface area contributed by atoms with Crippen LogP contribution >= 0.6 is 0 Å². The highest BCUT2D eigenvalue weighted by Crippen LogP contribution is 2.28. The van der Waals surface area contributed by atoms with E-state index in [1.807, 2.05) is 66.7 Å². The smallest absolute Gasteiger partial charge is 0.307 e. The van der Waals surface area contributed by atoms with Gasteiger partial charge in [0.05, 0.1) is 6.42 Å². The summed E-state index contributed by atoms with van der Waals surface area (Å²) in [5.74, 6) is 1.37. The van der Waals surface area contributed by atoms with Gasteiger partial charge in [0.15, 0.2) is 0 Å². The van der Waals surface area contributed by atoms with Gasteiger partial charge in [0.1, 0.15) is 23.9 Å². The van der Waals surface area contributed by atoms with E-state index in [0.717, 1.165) is 33.4 Å². The van der Waals surface area contributed by atoms with E-state index in [0.29, 0.717) is 12.4 Å². The van der Waals surface area contributed by atoms with Gasteiger partial charge in [0, 0.05) is 0 Å². The molecule has 0 aromatic heterocycles. The van der Waals surface area contributed by atoms with Gasteiger partial charge in [-0.3, -0.25) is 4.79 Å². The zero-order valence-electron chi connectivity index (χ0n) is 15.7. The number of ether oxygens (including phenoxy) is 2. The lowest BCUT2D eigenvalue weighted by Crippen LogP contribution is -1.99. The summed E-state index contributed by atoms with van der Waals surface area (Å²) in [6.07, 6.45) is 0.00489. The summed E-state index contributed by atoms with van der Waals surface area (Å²) in [4.78, 5) is 10.8. The molecule has 4 rings (SSSR count). The first-order chi connectivity index (χ1) is 14.2. The van der Waals surface area contributed by atoms with E-state index in [1.165, 1.54) is 0 Å². The molecule has 144 valence electrons. The Morgan fingerprint density at radius 2 is 1.31 bits per heavy atom. The fraction of sp³-hybridized carbons (Fsp3) is 0.0800. The number of hydrogen-bond donors (Lipinski definition) is 1. The van der Waals surface area contributed by atoms with Gasteiger partial charge in [0.25, 0.3) is 0 Å². The second kappa shape index (κ2) is 8.48. The molecule has 4 aromatic carbocycles. The van der Waals surface area contributed by atoms with Gasteiger partial charge in [-0.15, -0.1) is 0 Å². The van der Waals surface area contributed by atoms with Crippen LogP contribution in [-0.2, 0) is 17.8 Å². The average Bonchev–Trinajstić information content (AvgIpc) is 2.74. The number of hydrogen-bond acceptors (Lipinski definition) is 3. The van der Waals surface area contributed by atoms with Crippen molar-refractivity contribution in [1.82, 2.24) is 0 Å². The Labute approximate surface area is 169 Å². The Bertz CT molecular complexity index is 1120. The summed E-state index contributed by atoms with van der Waals surface area (Å²) in [5, 5.41) is 11.0. The van der Waals surface area contributed by atoms with E-state index in [9.17, 15) is 4.79 Å². The van der Waals surface area contributed by atoms with Crippen molar-refractivity contribution in [2.75, 3.05) is 0 Å². The second-order valence-electron chi connectivity index (χ2n) is 6.76. The molecule has 0 bridgehead atoms. The lowest BCUT2D eigenvalue weighted by molar-refractivity contribution is -0.136. The van der Waals surface area contributed by atoms with Crippen LogP contribution < -0.4 is 9.47 Å². The molecule has 4 aromatic rings. The molecule has 4 nitrogen and oxygen atoms in total. The summed E-state index contributed by atoms with van der Waals surface area (Å²) in [7, 11) is 0. The van der Waals surface area contributed by atoms with Crippen LogP contribution in [0.1, 0.15) is 11.1 Å². The Balaban J connectivity index is 1.44. The summed E-state index contributed by atoms with van der Waals surface area (Å²) in [5.41, 5.74) is 1.87. The normalized spacial score (nSPS) is 10.6. The van der Waals surface area contributed by atoms with Crippen LogP contribution in [0.15, 0.2) is 91.0 Å². The summed E-state index contributed by atoms with van der Waals surface area (Å²) >= 11 is 0. The molecule has 4 heteroatoms. The van der Waals surface area contributed by atoms with Crippen LogP contribution in [0.4, 0.5) is 0 Å². The number of aliphatic carboxylic acids is 1. The van der Waals surface area contributed by atoms with E-state index in [1.54, 1.807) is 24.3 Å². The molecule has 29 heavy (non-hydrogen) atoms. The molecule has 0 unspecified atom stereocenters. The third-order valence-corrected chi connectivity index (χ3v) is 4.55. The zero-order valence-corrected chi connectivity index (χ0v) is 15.7. The molecule has 0 spiro atoms. The Morgan fingerprint density at radius 3 is 2.00 bits per heavy atom. The van der Waals surface area contributed by atoms with Gasteiger partial charge in [-0.25, -0.2) is 0 Å². The predicted molar refractivity (Wildman–Crippen MR) is 113 cm³/mol. The maximum absolute atomic E-state index is 10.8. The second-order valence-corrected chi connectivity index (χ2v) is 6.76. The van der Waals surface area contributed by atoms with E-state index in [4.69, 9.17) is 14.6 Å². The molecule has 0 atom stereocenters. The zero-order chi connectivity index (χ0) is 20.1. The molecule has 0 aliphatic carbocycles. The molecule has 0 amide bonds. The highest BCUT2D eigenvalue weighted by molar-refractivity contribution is 5.85. The Hall–Kier alpha value is -3.79. The highest BCUT2D eigenvalue weighted by atomic mass is 16.5. The third kappa shape index (κ3) is 4.93. The van der Waals surface area contributed by atoms with Crippen molar-refractivity contribution in [3.05, 3.63) is 102 Å². The fourth-order valence-corrected chi connectivity index (χ4v) is 3.08. The lowest BCUT2D eigenvalue weighted by Gasteiger charge is -2.10. The SMILES string of the molecule is O=C(O)Cc1ccc(Oc2ccc3cc(OCc4ccccc4)ccc3c2)cc1. The van der Waals surface area contributed by atoms with Gasteiger partial charge in [0.2, 0.25) is 0 Å². The Morgan fingerprint density at radius 1 is 0.690 bits per heavy atom. The highest BCUT2D eigenvalue weighted by Gasteiger charge is 2.04.